The molecular formula is C20H24N4O5S2. The van der Waals surface area contributed by atoms with E-state index in [4.69, 9.17) is 9.47 Å². The maximum atomic E-state index is 12.6. The summed E-state index contributed by atoms with van der Waals surface area (Å²) in [6.07, 6.45) is 1.64. The number of hydrogen-bond acceptors (Lipinski definition) is 7. The highest BCUT2D eigenvalue weighted by Gasteiger charge is 2.24. The summed E-state index contributed by atoms with van der Waals surface area (Å²) in [5.74, 6) is 1.25. The van der Waals surface area contributed by atoms with E-state index in [-0.39, 0.29) is 10.8 Å². The minimum absolute atomic E-state index is 0.192. The van der Waals surface area contributed by atoms with Gasteiger partial charge in [0.25, 0.3) is 10.0 Å². The van der Waals surface area contributed by atoms with Crippen molar-refractivity contribution in [3.63, 3.8) is 0 Å². The highest BCUT2D eigenvalue weighted by molar-refractivity contribution is 7.91. The molecule has 0 saturated carbocycles. The molecule has 3 aromatic rings. The van der Waals surface area contributed by atoms with Crippen LogP contribution in [-0.2, 0) is 21.4 Å². The molecule has 2 aromatic heterocycles. The third-order valence-electron chi connectivity index (χ3n) is 4.59. The molecule has 31 heavy (non-hydrogen) atoms. The van der Waals surface area contributed by atoms with Crippen molar-refractivity contribution in [2.45, 2.75) is 17.7 Å². The molecule has 0 aliphatic heterocycles. The lowest BCUT2D eigenvalue weighted by Gasteiger charge is -2.17. The van der Waals surface area contributed by atoms with Crippen molar-refractivity contribution in [1.29, 1.82) is 0 Å². The first kappa shape index (κ1) is 22.8. The predicted molar refractivity (Wildman–Crippen MR) is 118 cm³/mol. The topological polar surface area (TPSA) is 103 Å². The van der Waals surface area contributed by atoms with Crippen molar-refractivity contribution in [1.82, 2.24) is 14.1 Å². The van der Waals surface area contributed by atoms with E-state index in [1.807, 2.05) is 19.1 Å². The second-order valence-corrected chi connectivity index (χ2v) is 9.98. The average molecular weight is 465 g/mol. The second kappa shape index (κ2) is 9.50. The summed E-state index contributed by atoms with van der Waals surface area (Å²) in [7, 11) is 0.796. The number of carbonyl (C=O) groups is 1. The number of aryl methyl sites for hydroxylation is 1. The summed E-state index contributed by atoms with van der Waals surface area (Å²) in [6.45, 7) is 1.88. The predicted octanol–water partition coefficient (Wildman–Crippen LogP) is 2.58. The molecule has 0 radical (unpaired) electrons. The monoisotopic (exact) mass is 464 g/mol. The van der Waals surface area contributed by atoms with Crippen molar-refractivity contribution < 1.29 is 22.7 Å². The van der Waals surface area contributed by atoms with Gasteiger partial charge >= 0.3 is 0 Å². The molecule has 3 rings (SSSR count). The molecule has 11 heteroatoms. The Kier molecular flexibility index (Phi) is 6.98. The highest BCUT2D eigenvalue weighted by atomic mass is 32.2. The van der Waals surface area contributed by atoms with Crippen molar-refractivity contribution in [2.24, 2.45) is 0 Å². The number of carbonyl (C=O) groups excluding carboxylic acids is 1. The minimum atomic E-state index is -3.71. The Morgan fingerprint density at radius 2 is 1.97 bits per heavy atom. The number of amides is 1. The molecule has 9 nitrogen and oxygen atoms in total. The van der Waals surface area contributed by atoms with E-state index in [1.165, 1.54) is 13.1 Å². The van der Waals surface area contributed by atoms with E-state index < -0.39 is 15.9 Å². The van der Waals surface area contributed by atoms with Gasteiger partial charge in [-0.3, -0.25) is 4.79 Å². The quantitative estimate of drug-likeness (QED) is 0.522. The molecule has 0 aliphatic carbocycles. The van der Waals surface area contributed by atoms with Gasteiger partial charge in [0.2, 0.25) is 5.91 Å². The molecule has 0 bridgehead atoms. The number of methoxy groups -OCH3 is 2. The van der Waals surface area contributed by atoms with E-state index in [2.05, 4.69) is 10.4 Å². The molecule has 0 aliphatic rings. The largest absolute Gasteiger partial charge is 0.493 e. The van der Waals surface area contributed by atoms with Crippen LogP contribution < -0.4 is 14.8 Å². The van der Waals surface area contributed by atoms with Crippen LogP contribution in [0.2, 0.25) is 0 Å². The Balaban J connectivity index is 1.73. The molecule has 0 saturated heterocycles. The summed E-state index contributed by atoms with van der Waals surface area (Å²) in [4.78, 5) is 12.6. The summed E-state index contributed by atoms with van der Waals surface area (Å²) < 4.78 is 38.5. The van der Waals surface area contributed by atoms with Gasteiger partial charge in [0, 0.05) is 12.6 Å². The van der Waals surface area contributed by atoms with Crippen LogP contribution in [0.25, 0.3) is 0 Å². The number of nitrogens with zero attached hydrogens (tertiary/aromatic N) is 3. The summed E-state index contributed by atoms with van der Waals surface area (Å²) in [5, 5.41) is 8.79. The number of ether oxygens (including phenoxy) is 2. The zero-order valence-electron chi connectivity index (χ0n) is 17.7. The number of likely N-dealkylation sites (N-methyl/N-ethyl adjacent to an activating group) is 1. The van der Waals surface area contributed by atoms with Crippen LogP contribution in [0.5, 0.6) is 11.5 Å². The van der Waals surface area contributed by atoms with E-state index in [0.717, 1.165) is 26.8 Å². The van der Waals surface area contributed by atoms with Crippen molar-refractivity contribution >= 4 is 33.1 Å². The van der Waals surface area contributed by atoms with Crippen LogP contribution in [0.3, 0.4) is 0 Å². The minimum Gasteiger partial charge on any atom is -0.493 e. The first-order chi connectivity index (χ1) is 14.8. The van der Waals surface area contributed by atoms with Gasteiger partial charge in [0.1, 0.15) is 10.0 Å². The number of hydrogen-bond donors (Lipinski definition) is 1. The summed E-state index contributed by atoms with van der Waals surface area (Å²) in [5.41, 5.74) is 1.66. The molecule has 1 amide bonds. The number of anilines is 1. The first-order valence-corrected chi connectivity index (χ1v) is 11.6. The summed E-state index contributed by atoms with van der Waals surface area (Å²) in [6, 6.07) is 8.68. The van der Waals surface area contributed by atoms with Crippen LogP contribution in [0, 0.1) is 6.92 Å². The van der Waals surface area contributed by atoms with Gasteiger partial charge in [-0.15, -0.1) is 11.3 Å². The van der Waals surface area contributed by atoms with E-state index in [1.54, 1.807) is 42.6 Å². The lowest BCUT2D eigenvalue weighted by molar-refractivity contribution is -0.116. The molecular weight excluding hydrogens is 440 g/mol. The van der Waals surface area contributed by atoms with E-state index in [9.17, 15) is 13.2 Å². The number of sulfonamides is 1. The SMILES string of the molecule is COc1ccc(Cn2ncc(C)c2NC(=O)CN(C)S(=O)(=O)c2cccs2)cc1OC. The van der Waals surface area contributed by atoms with Crippen LogP contribution in [-0.4, -0.2) is 56.2 Å². The third kappa shape index (κ3) is 5.06. The maximum absolute atomic E-state index is 12.6. The lowest BCUT2D eigenvalue weighted by Crippen LogP contribution is -2.35. The fourth-order valence-corrected chi connectivity index (χ4v) is 5.26. The van der Waals surface area contributed by atoms with Crippen molar-refractivity contribution in [2.75, 3.05) is 33.1 Å². The second-order valence-electron chi connectivity index (χ2n) is 6.76. The van der Waals surface area contributed by atoms with Gasteiger partial charge < -0.3 is 14.8 Å². The van der Waals surface area contributed by atoms with Gasteiger partial charge in [-0.25, -0.2) is 13.1 Å². The van der Waals surface area contributed by atoms with Crippen molar-refractivity contribution in [3.8, 4) is 11.5 Å². The molecule has 0 unspecified atom stereocenters. The van der Waals surface area contributed by atoms with Gasteiger partial charge in [-0.1, -0.05) is 12.1 Å². The molecule has 0 spiro atoms. The Labute approximate surface area is 185 Å². The normalized spacial score (nSPS) is 11.5. The van der Waals surface area contributed by atoms with E-state index in [0.29, 0.717) is 23.9 Å². The zero-order valence-corrected chi connectivity index (χ0v) is 19.3. The number of nitrogens with one attached hydrogen (secondary N) is 1. The van der Waals surface area contributed by atoms with Gasteiger partial charge in [0.05, 0.1) is 33.5 Å². The number of thiophene rings is 1. The zero-order chi connectivity index (χ0) is 22.6. The molecule has 166 valence electrons. The smallest absolute Gasteiger partial charge is 0.252 e. The average Bonchev–Trinajstić information content (AvgIpc) is 3.40. The summed E-state index contributed by atoms with van der Waals surface area (Å²) >= 11 is 1.11. The fourth-order valence-electron chi connectivity index (χ4n) is 2.94. The Bertz CT molecular complexity index is 1160. The molecule has 1 N–H and O–H groups in total. The number of aromatic nitrogens is 2. The Hall–Kier alpha value is -2.89. The molecule has 1 aromatic carbocycles. The maximum Gasteiger partial charge on any atom is 0.252 e. The number of benzene rings is 1. The van der Waals surface area contributed by atoms with Crippen LogP contribution in [0.4, 0.5) is 5.82 Å². The van der Waals surface area contributed by atoms with Gasteiger partial charge in [-0.2, -0.15) is 9.40 Å². The van der Waals surface area contributed by atoms with E-state index >= 15 is 0 Å². The third-order valence-corrected chi connectivity index (χ3v) is 7.76. The fraction of sp³-hybridized carbons (Fsp3) is 0.300. The van der Waals surface area contributed by atoms with Crippen LogP contribution >= 0.6 is 11.3 Å². The van der Waals surface area contributed by atoms with Crippen LogP contribution in [0.1, 0.15) is 11.1 Å². The standard InChI is InChI=1S/C20H24N4O5S2/c1-14-11-21-24(12-15-7-8-16(28-3)17(10-15)29-4)20(14)22-18(25)13-23(2)31(26,27)19-6-5-9-30-19/h5-11H,12-13H2,1-4H3,(H,22,25). The Morgan fingerprint density at radius 1 is 1.23 bits per heavy atom. The van der Waals surface area contributed by atoms with Crippen LogP contribution in [0.15, 0.2) is 46.1 Å². The lowest BCUT2D eigenvalue weighted by atomic mass is 10.2. The Morgan fingerprint density at radius 3 is 2.61 bits per heavy atom. The van der Waals surface area contributed by atoms with Gasteiger partial charge in [-0.05, 0) is 36.1 Å². The number of rotatable bonds is 9. The van der Waals surface area contributed by atoms with Gasteiger partial charge in [0.15, 0.2) is 11.5 Å². The first-order valence-electron chi connectivity index (χ1n) is 9.29. The van der Waals surface area contributed by atoms with Crippen molar-refractivity contribution in [3.05, 3.63) is 53.0 Å². The highest BCUT2D eigenvalue weighted by Crippen LogP contribution is 2.28. The molecule has 2 heterocycles. The molecule has 0 fully saturated rings. The molecule has 0 atom stereocenters.